The second-order valence-corrected chi connectivity index (χ2v) is 4.75. The maximum Gasteiger partial charge on any atom is 0.0208 e. The van der Waals surface area contributed by atoms with Crippen molar-refractivity contribution in [3.63, 3.8) is 0 Å². The molecule has 2 aromatic carbocycles. The average molecular weight is 227 g/mol. The zero-order valence-electron chi connectivity index (χ0n) is 10.7. The molecule has 17 heavy (non-hydrogen) atoms. The lowest BCUT2D eigenvalue weighted by molar-refractivity contribution is 0.508. The minimum absolute atomic E-state index is 0.603. The van der Waals surface area contributed by atoms with Gasteiger partial charge in [-0.15, -0.1) is 0 Å². The third kappa shape index (κ3) is 3.31. The number of hydrogen-bond acceptors (Lipinski definition) is 1. The zero-order valence-corrected chi connectivity index (χ0v) is 10.7. The van der Waals surface area contributed by atoms with Gasteiger partial charge in [0.15, 0.2) is 0 Å². The lowest BCUT2D eigenvalue weighted by Crippen LogP contribution is -2.24. The number of nitrogens with one attached hydrogen (secondary N) is 1. The number of rotatable bonds is 5. The summed E-state index contributed by atoms with van der Waals surface area (Å²) in [5.74, 6) is 0. The first-order valence-corrected chi connectivity index (χ1v) is 6.50. The SMILES string of the molecule is CCCC(C)NCc1ccc2ccccc2c1. The Balaban J connectivity index is 2.04. The molecule has 0 spiro atoms. The highest BCUT2D eigenvalue weighted by Gasteiger charge is 2.00. The second kappa shape index (κ2) is 5.83. The maximum absolute atomic E-state index is 3.56. The largest absolute Gasteiger partial charge is 0.310 e. The molecule has 0 bridgehead atoms. The molecule has 1 N–H and O–H groups in total. The summed E-state index contributed by atoms with van der Waals surface area (Å²) < 4.78 is 0. The first-order chi connectivity index (χ1) is 8.29. The highest BCUT2D eigenvalue weighted by Crippen LogP contribution is 2.15. The number of fused-ring (bicyclic) bond motifs is 1. The third-order valence-electron chi connectivity index (χ3n) is 3.19. The summed E-state index contributed by atoms with van der Waals surface area (Å²) in [4.78, 5) is 0. The van der Waals surface area contributed by atoms with E-state index in [0.717, 1.165) is 6.54 Å². The Morgan fingerprint density at radius 3 is 2.59 bits per heavy atom. The average Bonchev–Trinajstić information content (AvgIpc) is 2.36. The first kappa shape index (κ1) is 12.1. The quantitative estimate of drug-likeness (QED) is 0.810. The van der Waals surface area contributed by atoms with Crippen molar-refractivity contribution in [2.24, 2.45) is 0 Å². The van der Waals surface area contributed by atoms with E-state index in [2.05, 4.69) is 61.6 Å². The molecule has 0 heterocycles. The summed E-state index contributed by atoms with van der Waals surface area (Å²) in [7, 11) is 0. The standard InChI is InChI=1S/C16H21N/c1-3-6-13(2)17-12-14-9-10-15-7-4-5-8-16(15)11-14/h4-5,7-11,13,17H,3,6,12H2,1-2H3. The normalized spacial score (nSPS) is 12.8. The lowest BCUT2D eigenvalue weighted by atomic mass is 10.1. The Morgan fingerprint density at radius 1 is 1.06 bits per heavy atom. The molecule has 1 heteroatoms. The fourth-order valence-electron chi connectivity index (χ4n) is 2.18. The van der Waals surface area contributed by atoms with Crippen molar-refractivity contribution in [2.75, 3.05) is 0 Å². The van der Waals surface area contributed by atoms with Gasteiger partial charge in [-0.05, 0) is 35.7 Å². The van der Waals surface area contributed by atoms with Crippen LogP contribution in [-0.2, 0) is 6.54 Å². The van der Waals surface area contributed by atoms with Crippen LogP contribution in [0.5, 0.6) is 0 Å². The monoisotopic (exact) mass is 227 g/mol. The molecule has 2 aromatic rings. The first-order valence-electron chi connectivity index (χ1n) is 6.50. The highest BCUT2D eigenvalue weighted by atomic mass is 14.9. The van der Waals surface area contributed by atoms with E-state index in [0.29, 0.717) is 6.04 Å². The molecule has 0 aliphatic carbocycles. The Kier molecular flexibility index (Phi) is 4.16. The lowest BCUT2D eigenvalue weighted by Gasteiger charge is -2.12. The van der Waals surface area contributed by atoms with Crippen molar-refractivity contribution in [1.29, 1.82) is 0 Å². The summed E-state index contributed by atoms with van der Waals surface area (Å²) in [5, 5.41) is 6.21. The molecule has 0 aliphatic heterocycles. The van der Waals surface area contributed by atoms with Crippen molar-refractivity contribution >= 4 is 10.8 Å². The Morgan fingerprint density at radius 2 is 1.82 bits per heavy atom. The van der Waals surface area contributed by atoms with Gasteiger partial charge >= 0.3 is 0 Å². The molecule has 0 saturated carbocycles. The van der Waals surface area contributed by atoms with Crippen LogP contribution in [0.3, 0.4) is 0 Å². The fourth-order valence-corrected chi connectivity index (χ4v) is 2.18. The van der Waals surface area contributed by atoms with E-state index >= 15 is 0 Å². The van der Waals surface area contributed by atoms with E-state index in [-0.39, 0.29) is 0 Å². The zero-order chi connectivity index (χ0) is 12.1. The van der Waals surface area contributed by atoms with Gasteiger partial charge in [0.05, 0.1) is 0 Å². The van der Waals surface area contributed by atoms with Crippen LogP contribution in [0.1, 0.15) is 32.3 Å². The van der Waals surface area contributed by atoms with Gasteiger partial charge in [-0.1, -0.05) is 49.7 Å². The van der Waals surface area contributed by atoms with E-state index in [1.54, 1.807) is 0 Å². The number of benzene rings is 2. The second-order valence-electron chi connectivity index (χ2n) is 4.75. The summed E-state index contributed by atoms with van der Waals surface area (Å²) in [6, 6.07) is 15.8. The van der Waals surface area contributed by atoms with Gasteiger partial charge in [0.1, 0.15) is 0 Å². The van der Waals surface area contributed by atoms with Crippen LogP contribution < -0.4 is 5.32 Å². The molecular weight excluding hydrogens is 206 g/mol. The van der Waals surface area contributed by atoms with Crippen molar-refractivity contribution in [3.05, 3.63) is 48.0 Å². The molecule has 1 nitrogen and oxygen atoms in total. The van der Waals surface area contributed by atoms with Gasteiger partial charge in [-0.25, -0.2) is 0 Å². The van der Waals surface area contributed by atoms with Crippen LogP contribution in [0, 0.1) is 0 Å². The molecule has 1 atom stereocenters. The third-order valence-corrected chi connectivity index (χ3v) is 3.19. The van der Waals surface area contributed by atoms with E-state index in [4.69, 9.17) is 0 Å². The molecule has 1 unspecified atom stereocenters. The highest BCUT2D eigenvalue weighted by molar-refractivity contribution is 5.82. The van der Waals surface area contributed by atoms with E-state index in [9.17, 15) is 0 Å². The number of hydrogen-bond donors (Lipinski definition) is 1. The molecule has 2 rings (SSSR count). The van der Waals surface area contributed by atoms with Gasteiger partial charge < -0.3 is 5.32 Å². The van der Waals surface area contributed by atoms with E-state index < -0.39 is 0 Å². The molecule has 0 saturated heterocycles. The van der Waals surface area contributed by atoms with E-state index in [1.807, 2.05) is 0 Å². The summed E-state index contributed by atoms with van der Waals surface area (Å²) in [6.07, 6.45) is 2.49. The topological polar surface area (TPSA) is 12.0 Å². The summed E-state index contributed by atoms with van der Waals surface area (Å²) in [6.45, 7) is 5.45. The van der Waals surface area contributed by atoms with Crippen LogP contribution in [0.4, 0.5) is 0 Å². The van der Waals surface area contributed by atoms with Crippen LogP contribution in [0.2, 0.25) is 0 Å². The van der Waals surface area contributed by atoms with Crippen molar-refractivity contribution < 1.29 is 0 Å². The Labute approximate surface area is 104 Å². The van der Waals surface area contributed by atoms with Gasteiger partial charge in [0.25, 0.3) is 0 Å². The van der Waals surface area contributed by atoms with Gasteiger partial charge in [-0.3, -0.25) is 0 Å². The van der Waals surface area contributed by atoms with Crippen molar-refractivity contribution in [1.82, 2.24) is 5.32 Å². The smallest absolute Gasteiger partial charge is 0.0208 e. The molecule has 0 amide bonds. The van der Waals surface area contributed by atoms with Crippen LogP contribution in [0.15, 0.2) is 42.5 Å². The van der Waals surface area contributed by atoms with Crippen molar-refractivity contribution in [3.8, 4) is 0 Å². The van der Waals surface area contributed by atoms with Crippen molar-refractivity contribution in [2.45, 2.75) is 39.3 Å². The Bertz CT molecular complexity index is 476. The molecule has 0 aromatic heterocycles. The minimum Gasteiger partial charge on any atom is -0.310 e. The molecule has 90 valence electrons. The van der Waals surface area contributed by atoms with Gasteiger partial charge in [-0.2, -0.15) is 0 Å². The molecular formula is C16H21N. The molecule has 0 fully saturated rings. The van der Waals surface area contributed by atoms with E-state index in [1.165, 1.54) is 29.2 Å². The fraction of sp³-hybridized carbons (Fsp3) is 0.375. The molecule has 0 radical (unpaired) electrons. The summed E-state index contributed by atoms with van der Waals surface area (Å²) in [5.41, 5.74) is 1.37. The summed E-state index contributed by atoms with van der Waals surface area (Å²) >= 11 is 0. The predicted octanol–water partition coefficient (Wildman–Crippen LogP) is 4.12. The van der Waals surface area contributed by atoms with Crippen LogP contribution in [0.25, 0.3) is 10.8 Å². The minimum atomic E-state index is 0.603. The van der Waals surface area contributed by atoms with Crippen LogP contribution >= 0.6 is 0 Å². The predicted molar refractivity (Wildman–Crippen MR) is 75.2 cm³/mol. The van der Waals surface area contributed by atoms with Gasteiger partial charge in [0, 0.05) is 12.6 Å². The maximum atomic E-state index is 3.56. The van der Waals surface area contributed by atoms with Gasteiger partial charge in [0.2, 0.25) is 0 Å². The molecule has 0 aliphatic rings. The Hall–Kier alpha value is -1.34. The van der Waals surface area contributed by atoms with Crippen LogP contribution in [-0.4, -0.2) is 6.04 Å².